The maximum Gasteiger partial charge on any atom is 0.307 e. The lowest BCUT2D eigenvalue weighted by molar-refractivity contribution is -0.140. The van der Waals surface area contributed by atoms with Crippen molar-refractivity contribution in [1.82, 2.24) is 5.32 Å². The van der Waals surface area contributed by atoms with Gasteiger partial charge in [0.2, 0.25) is 0 Å². The Morgan fingerprint density at radius 2 is 2.18 bits per heavy atom. The van der Waals surface area contributed by atoms with Crippen LogP contribution >= 0.6 is 11.6 Å². The average Bonchev–Trinajstić information content (AvgIpc) is 2.32. The molecule has 1 rings (SSSR count). The van der Waals surface area contributed by atoms with Crippen LogP contribution in [0.5, 0.6) is 0 Å². The molecule has 4 nitrogen and oxygen atoms in total. The standard InChI is InChI=1S/C11H11ClFNO3/c1-17-9(15)5-6-14-11(16)7-3-2-4-8(12)10(7)13/h2-4H,5-6H2,1H3,(H,14,16). The van der Waals surface area contributed by atoms with Crippen molar-refractivity contribution in [3.63, 3.8) is 0 Å². The lowest BCUT2D eigenvalue weighted by atomic mass is 10.2. The van der Waals surface area contributed by atoms with Crippen LogP contribution < -0.4 is 5.32 Å². The number of methoxy groups -OCH3 is 1. The van der Waals surface area contributed by atoms with Gasteiger partial charge in [0.15, 0.2) is 5.82 Å². The summed E-state index contributed by atoms with van der Waals surface area (Å²) < 4.78 is 17.8. The van der Waals surface area contributed by atoms with Gasteiger partial charge in [0.05, 0.1) is 24.1 Å². The monoisotopic (exact) mass is 259 g/mol. The smallest absolute Gasteiger partial charge is 0.307 e. The Hall–Kier alpha value is -1.62. The van der Waals surface area contributed by atoms with Gasteiger partial charge in [-0.05, 0) is 12.1 Å². The summed E-state index contributed by atoms with van der Waals surface area (Å²) in [5, 5.41) is 2.27. The summed E-state index contributed by atoms with van der Waals surface area (Å²) in [6.07, 6.45) is 0.0322. The maximum absolute atomic E-state index is 13.4. The quantitative estimate of drug-likeness (QED) is 0.839. The van der Waals surface area contributed by atoms with Gasteiger partial charge in [-0.15, -0.1) is 0 Å². The molecule has 0 atom stereocenters. The van der Waals surface area contributed by atoms with E-state index in [1.165, 1.54) is 25.3 Å². The van der Waals surface area contributed by atoms with Crippen molar-refractivity contribution in [3.05, 3.63) is 34.6 Å². The van der Waals surface area contributed by atoms with Gasteiger partial charge in [0, 0.05) is 6.54 Å². The number of rotatable bonds is 4. The van der Waals surface area contributed by atoms with Gasteiger partial charge in [-0.1, -0.05) is 17.7 Å². The summed E-state index contributed by atoms with van der Waals surface area (Å²) in [6.45, 7) is 0.0808. The number of hydrogen-bond acceptors (Lipinski definition) is 3. The van der Waals surface area contributed by atoms with E-state index in [4.69, 9.17) is 11.6 Å². The second-order valence-electron chi connectivity index (χ2n) is 3.18. The molecule has 0 saturated heterocycles. The summed E-state index contributed by atoms with van der Waals surface area (Å²) in [5.74, 6) is -1.84. The molecule has 0 saturated carbocycles. The Morgan fingerprint density at radius 1 is 1.47 bits per heavy atom. The SMILES string of the molecule is COC(=O)CCNC(=O)c1cccc(Cl)c1F. The van der Waals surface area contributed by atoms with Crippen LogP contribution in [0.25, 0.3) is 0 Å². The Kier molecular flexibility index (Phi) is 4.90. The van der Waals surface area contributed by atoms with E-state index in [-0.39, 0.29) is 23.6 Å². The number of carbonyl (C=O) groups is 2. The topological polar surface area (TPSA) is 55.4 Å². The maximum atomic E-state index is 13.4. The van der Waals surface area contributed by atoms with Crippen molar-refractivity contribution < 1.29 is 18.7 Å². The molecule has 1 aromatic carbocycles. The number of nitrogens with one attached hydrogen (secondary N) is 1. The molecule has 1 N–H and O–H groups in total. The zero-order valence-corrected chi connectivity index (χ0v) is 9.88. The third-order valence-corrected chi connectivity index (χ3v) is 2.33. The normalized spacial score (nSPS) is 9.82. The number of ether oxygens (including phenoxy) is 1. The first-order valence-corrected chi connectivity index (χ1v) is 5.23. The van der Waals surface area contributed by atoms with Crippen molar-refractivity contribution in [3.8, 4) is 0 Å². The van der Waals surface area contributed by atoms with Crippen molar-refractivity contribution in [2.24, 2.45) is 0 Å². The van der Waals surface area contributed by atoms with Gasteiger partial charge >= 0.3 is 5.97 Å². The van der Waals surface area contributed by atoms with Crippen LogP contribution in [0.4, 0.5) is 4.39 Å². The third kappa shape index (κ3) is 3.71. The fourth-order valence-corrected chi connectivity index (χ4v) is 1.33. The van der Waals surface area contributed by atoms with Gasteiger partial charge in [0.1, 0.15) is 0 Å². The number of halogens is 2. The number of esters is 1. The predicted octanol–water partition coefficient (Wildman–Crippen LogP) is 1.77. The molecule has 0 heterocycles. The average molecular weight is 260 g/mol. The zero-order chi connectivity index (χ0) is 12.8. The van der Waals surface area contributed by atoms with E-state index in [1.807, 2.05) is 0 Å². The molecule has 0 aliphatic carbocycles. The number of benzene rings is 1. The summed E-state index contributed by atoms with van der Waals surface area (Å²) in [6, 6.07) is 4.14. The molecule has 0 radical (unpaired) electrons. The summed E-state index contributed by atoms with van der Waals surface area (Å²) in [5.41, 5.74) is -0.151. The minimum atomic E-state index is -0.773. The highest BCUT2D eigenvalue weighted by atomic mass is 35.5. The van der Waals surface area contributed by atoms with Crippen molar-refractivity contribution in [1.29, 1.82) is 0 Å². The molecule has 92 valence electrons. The first-order valence-electron chi connectivity index (χ1n) is 4.85. The van der Waals surface area contributed by atoms with Crippen LogP contribution in [0.3, 0.4) is 0 Å². The third-order valence-electron chi connectivity index (χ3n) is 2.04. The molecule has 1 amide bonds. The van der Waals surface area contributed by atoms with Gasteiger partial charge in [-0.2, -0.15) is 0 Å². The van der Waals surface area contributed by atoms with Crippen LogP contribution in [0.2, 0.25) is 5.02 Å². The van der Waals surface area contributed by atoms with E-state index in [2.05, 4.69) is 10.1 Å². The second-order valence-corrected chi connectivity index (χ2v) is 3.59. The van der Waals surface area contributed by atoms with Crippen molar-refractivity contribution >= 4 is 23.5 Å². The minimum Gasteiger partial charge on any atom is -0.469 e. The highest BCUT2D eigenvalue weighted by Gasteiger charge is 2.13. The van der Waals surface area contributed by atoms with Gasteiger partial charge in [0.25, 0.3) is 5.91 Å². The largest absolute Gasteiger partial charge is 0.469 e. The van der Waals surface area contributed by atoms with E-state index in [9.17, 15) is 14.0 Å². The van der Waals surface area contributed by atoms with Crippen LogP contribution in [-0.4, -0.2) is 25.5 Å². The van der Waals surface area contributed by atoms with E-state index >= 15 is 0 Å². The molecule has 6 heteroatoms. The lowest BCUT2D eigenvalue weighted by Crippen LogP contribution is -2.27. The Morgan fingerprint density at radius 3 is 2.82 bits per heavy atom. The first kappa shape index (κ1) is 13.4. The van der Waals surface area contributed by atoms with Crippen LogP contribution in [0.15, 0.2) is 18.2 Å². The molecule has 0 aromatic heterocycles. The number of amides is 1. The number of hydrogen-bond donors (Lipinski definition) is 1. The minimum absolute atomic E-state index is 0.0322. The summed E-state index contributed by atoms with van der Waals surface area (Å²) in [7, 11) is 1.25. The molecule has 1 aromatic rings. The molecule has 0 fully saturated rings. The fraction of sp³-hybridized carbons (Fsp3) is 0.273. The van der Waals surface area contributed by atoms with E-state index in [0.29, 0.717) is 0 Å². The highest BCUT2D eigenvalue weighted by molar-refractivity contribution is 6.31. The van der Waals surface area contributed by atoms with E-state index in [0.717, 1.165) is 0 Å². The number of carbonyl (C=O) groups excluding carboxylic acids is 2. The zero-order valence-electron chi connectivity index (χ0n) is 9.13. The van der Waals surface area contributed by atoms with Crippen LogP contribution in [0.1, 0.15) is 16.8 Å². The molecular formula is C11H11ClFNO3. The summed E-state index contributed by atoms with van der Waals surface area (Å²) in [4.78, 5) is 22.3. The second kappa shape index (κ2) is 6.20. The molecule has 0 spiro atoms. The van der Waals surface area contributed by atoms with Gasteiger partial charge in [-0.25, -0.2) is 4.39 Å². The van der Waals surface area contributed by atoms with E-state index < -0.39 is 17.7 Å². The molecule has 0 bridgehead atoms. The molecule has 0 aliphatic rings. The Bertz CT molecular complexity index is 437. The molecule has 0 unspecified atom stereocenters. The lowest BCUT2D eigenvalue weighted by Gasteiger charge is -2.06. The molecular weight excluding hydrogens is 249 g/mol. The van der Waals surface area contributed by atoms with E-state index in [1.54, 1.807) is 0 Å². The van der Waals surface area contributed by atoms with Gasteiger partial charge in [-0.3, -0.25) is 9.59 Å². The Labute approximate surface area is 103 Å². The fourth-order valence-electron chi connectivity index (χ4n) is 1.15. The van der Waals surface area contributed by atoms with Crippen molar-refractivity contribution in [2.45, 2.75) is 6.42 Å². The highest BCUT2D eigenvalue weighted by Crippen LogP contribution is 2.17. The Balaban J connectivity index is 2.59. The van der Waals surface area contributed by atoms with Crippen LogP contribution in [0, 0.1) is 5.82 Å². The molecule has 17 heavy (non-hydrogen) atoms. The molecule has 0 aliphatic heterocycles. The first-order chi connectivity index (χ1) is 8.06. The van der Waals surface area contributed by atoms with Crippen molar-refractivity contribution in [2.75, 3.05) is 13.7 Å². The van der Waals surface area contributed by atoms with Crippen LogP contribution in [-0.2, 0) is 9.53 Å². The van der Waals surface area contributed by atoms with Gasteiger partial charge < -0.3 is 10.1 Å². The predicted molar refractivity (Wildman–Crippen MR) is 60.4 cm³/mol. The summed E-state index contributed by atoms with van der Waals surface area (Å²) >= 11 is 5.54.